The highest BCUT2D eigenvalue weighted by Crippen LogP contribution is 2.31. The highest BCUT2D eigenvalue weighted by molar-refractivity contribution is 4.93. The van der Waals surface area contributed by atoms with Crippen molar-refractivity contribution in [2.45, 2.75) is 98.4 Å². The fraction of sp³-hybridized carbons (Fsp3) is 1.00. The molecule has 0 bridgehead atoms. The van der Waals surface area contributed by atoms with Crippen molar-refractivity contribution in [3.05, 3.63) is 0 Å². The molecule has 16 atom stereocenters. The number of aliphatic hydroxyl groups is 10. The van der Waals surface area contributed by atoms with Gasteiger partial charge in [-0.05, 0) is 0 Å². The topological polar surface area (TPSA) is 267 Å². The quantitative estimate of drug-likeness (QED) is 0.142. The van der Waals surface area contributed by atoms with Gasteiger partial charge in [0.15, 0.2) is 25.2 Å². The average Bonchev–Trinajstić information content (AvgIpc) is 3.15. The Labute approximate surface area is 209 Å². The summed E-state index contributed by atoms with van der Waals surface area (Å²) in [6.07, 6.45) is -24.3. The molecule has 4 aliphatic rings. The van der Waals surface area contributed by atoms with E-state index in [1.54, 1.807) is 0 Å². The maximum Gasteiger partial charge on any atom is 0.187 e. The summed E-state index contributed by atoms with van der Waals surface area (Å²) in [6, 6.07) is 0. The third-order valence-corrected chi connectivity index (χ3v) is 6.73. The van der Waals surface area contributed by atoms with Gasteiger partial charge in [0.1, 0.15) is 73.2 Å². The number of hydrogen-bond donors (Lipinski definition) is 10. The van der Waals surface area contributed by atoms with E-state index >= 15 is 0 Å². The van der Waals surface area contributed by atoms with Crippen molar-refractivity contribution in [3.63, 3.8) is 0 Å². The zero-order chi connectivity index (χ0) is 27.0. The molecule has 17 heteroatoms. The molecular formula is C20H34O17. The Morgan fingerprint density at radius 3 is 1.81 bits per heavy atom. The first kappa shape index (κ1) is 29.3. The molecule has 0 aliphatic carbocycles. The molecule has 10 N–H and O–H groups in total. The largest absolute Gasteiger partial charge is 0.394 e. The molecule has 0 aromatic rings. The smallest absolute Gasteiger partial charge is 0.187 e. The van der Waals surface area contributed by atoms with Gasteiger partial charge >= 0.3 is 0 Å². The minimum absolute atomic E-state index is 0.367. The third kappa shape index (κ3) is 6.08. The van der Waals surface area contributed by atoms with Crippen LogP contribution in [0.2, 0.25) is 0 Å². The molecule has 4 heterocycles. The second-order valence-corrected chi connectivity index (χ2v) is 9.30. The molecule has 0 radical (unpaired) electrons. The Morgan fingerprint density at radius 2 is 1.14 bits per heavy atom. The Morgan fingerprint density at radius 1 is 0.541 bits per heavy atom. The van der Waals surface area contributed by atoms with E-state index in [-0.39, 0.29) is 13.2 Å². The van der Waals surface area contributed by atoms with Gasteiger partial charge < -0.3 is 84.2 Å². The Kier molecular flexibility index (Phi) is 9.69. The number of aliphatic hydroxyl groups excluding tert-OH is 10. The maximum absolute atomic E-state index is 11.1. The molecule has 0 aromatic heterocycles. The molecule has 17 nitrogen and oxygen atoms in total. The molecule has 216 valence electrons. The lowest BCUT2D eigenvalue weighted by atomic mass is 10.0. The van der Waals surface area contributed by atoms with Gasteiger partial charge in [-0.15, -0.1) is 0 Å². The summed E-state index contributed by atoms with van der Waals surface area (Å²) in [5, 5.41) is 100. The molecule has 4 aliphatic heterocycles. The molecule has 1 unspecified atom stereocenters. The third-order valence-electron chi connectivity index (χ3n) is 6.73. The Bertz CT molecular complexity index is 731. The van der Waals surface area contributed by atoms with E-state index in [0.717, 1.165) is 0 Å². The van der Waals surface area contributed by atoms with Gasteiger partial charge in [-0.2, -0.15) is 0 Å². The Balaban J connectivity index is 1.48. The summed E-state index contributed by atoms with van der Waals surface area (Å²) in [7, 11) is 0. The van der Waals surface area contributed by atoms with Crippen molar-refractivity contribution in [1.29, 1.82) is 0 Å². The lowest BCUT2D eigenvalue weighted by molar-refractivity contribution is -0.364. The summed E-state index contributed by atoms with van der Waals surface area (Å²) < 4.78 is 37.9. The van der Waals surface area contributed by atoms with E-state index in [9.17, 15) is 51.1 Å². The van der Waals surface area contributed by atoms with Crippen LogP contribution in [0.1, 0.15) is 0 Å². The van der Waals surface area contributed by atoms with Gasteiger partial charge in [-0.25, -0.2) is 0 Å². The molecule has 4 fully saturated rings. The summed E-state index contributed by atoms with van der Waals surface area (Å²) in [6.45, 7) is -1.79. The number of hydrogen-bond acceptors (Lipinski definition) is 17. The maximum atomic E-state index is 11.1. The summed E-state index contributed by atoms with van der Waals surface area (Å²) in [4.78, 5) is 0. The van der Waals surface area contributed by atoms with E-state index in [0.29, 0.717) is 0 Å². The molecule has 4 rings (SSSR count). The molecule has 0 saturated carbocycles. The lowest BCUT2D eigenvalue weighted by Crippen LogP contribution is -2.62. The molecule has 4 saturated heterocycles. The van der Waals surface area contributed by atoms with E-state index in [2.05, 4.69) is 0 Å². The van der Waals surface area contributed by atoms with Crippen LogP contribution in [0.5, 0.6) is 0 Å². The van der Waals surface area contributed by atoms with E-state index in [4.69, 9.17) is 33.2 Å². The van der Waals surface area contributed by atoms with Gasteiger partial charge in [0.25, 0.3) is 0 Å². The van der Waals surface area contributed by atoms with Crippen LogP contribution in [0, 0.1) is 0 Å². The highest BCUT2D eigenvalue weighted by Gasteiger charge is 2.52. The van der Waals surface area contributed by atoms with E-state index < -0.39 is 112 Å². The fourth-order valence-electron chi connectivity index (χ4n) is 4.41. The highest BCUT2D eigenvalue weighted by atomic mass is 16.8. The van der Waals surface area contributed by atoms with Crippen molar-refractivity contribution in [2.24, 2.45) is 0 Å². The van der Waals surface area contributed by atoms with Crippen LogP contribution in [-0.2, 0) is 33.2 Å². The van der Waals surface area contributed by atoms with Crippen LogP contribution in [0.4, 0.5) is 0 Å². The Hall–Kier alpha value is -0.680. The van der Waals surface area contributed by atoms with Crippen LogP contribution in [-0.4, -0.2) is 176 Å². The first-order valence-corrected chi connectivity index (χ1v) is 11.7. The van der Waals surface area contributed by atoms with Gasteiger partial charge in [0.2, 0.25) is 0 Å². The minimum atomic E-state index is -1.71. The second kappa shape index (κ2) is 12.2. The first-order chi connectivity index (χ1) is 17.5. The van der Waals surface area contributed by atoms with Crippen molar-refractivity contribution >= 4 is 0 Å². The number of ether oxygens (including phenoxy) is 7. The average molecular weight is 546 g/mol. The van der Waals surface area contributed by atoms with Gasteiger partial charge in [-0.3, -0.25) is 0 Å². The first-order valence-electron chi connectivity index (χ1n) is 11.7. The zero-order valence-corrected chi connectivity index (χ0v) is 19.4. The van der Waals surface area contributed by atoms with Crippen molar-refractivity contribution in [1.82, 2.24) is 0 Å². The summed E-state index contributed by atoms with van der Waals surface area (Å²) in [5.74, 6) is 0. The summed E-state index contributed by atoms with van der Waals surface area (Å²) in [5.41, 5.74) is 0. The number of rotatable bonds is 7. The van der Waals surface area contributed by atoms with Crippen LogP contribution in [0.25, 0.3) is 0 Å². The van der Waals surface area contributed by atoms with Crippen molar-refractivity contribution in [3.8, 4) is 0 Å². The predicted molar refractivity (Wildman–Crippen MR) is 110 cm³/mol. The fourth-order valence-corrected chi connectivity index (χ4v) is 4.41. The lowest BCUT2D eigenvalue weighted by Gasteiger charge is -2.45. The van der Waals surface area contributed by atoms with Crippen LogP contribution < -0.4 is 0 Å². The van der Waals surface area contributed by atoms with E-state index in [1.165, 1.54) is 0 Å². The molecule has 37 heavy (non-hydrogen) atoms. The molecule has 0 amide bonds. The molecule has 0 spiro atoms. The van der Waals surface area contributed by atoms with Crippen molar-refractivity contribution < 1.29 is 84.2 Å². The molecule has 0 aromatic carbocycles. The molecular weight excluding hydrogens is 512 g/mol. The SMILES string of the molecule is OC[C@@H]1O[C@@H](O[C@H]2[C@H](O[C@@H]3COC(O)[C@H](O)[C@H]3O)OC[C@@H](O[C@@H]3OC[C@@H](O)[C@H](O)[C@H]3O)[C@@H]2O)[C@H](O)[C@H]1O. The second-order valence-electron chi connectivity index (χ2n) is 9.30. The summed E-state index contributed by atoms with van der Waals surface area (Å²) >= 11 is 0. The van der Waals surface area contributed by atoms with Crippen LogP contribution >= 0.6 is 0 Å². The van der Waals surface area contributed by atoms with Crippen LogP contribution in [0.15, 0.2) is 0 Å². The predicted octanol–water partition coefficient (Wildman–Crippen LogP) is -7.19. The van der Waals surface area contributed by atoms with E-state index in [1.807, 2.05) is 0 Å². The standard InChI is InChI=1S/C20H34O17/c21-1-6-10(24)15(29)19(34-6)37-16-12(26)8(35-18-14(28)9(23)5(22)2-32-18)4-33-20(16)36-7-3-31-17(30)13(27)11(7)25/h5-30H,1-4H2/t5-,6+,7-,8-,9+,10+,11+,12+,13-,14-,15-,16-,17?,18+,19+,20+/m1/s1. The van der Waals surface area contributed by atoms with Gasteiger partial charge in [0, 0.05) is 0 Å². The van der Waals surface area contributed by atoms with Gasteiger partial charge in [0.05, 0.1) is 26.4 Å². The van der Waals surface area contributed by atoms with Crippen molar-refractivity contribution in [2.75, 3.05) is 26.4 Å². The van der Waals surface area contributed by atoms with Gasteiger partial charge in [-0.1, -0.05) is 0 Å². The normalized spacial score (nSPS) is 53.4. The van der Waals surface area contributed by atoms with Crippen LogP contribution in [0.3, 0.4) is 0 Å². The monoisotopic (exact) mass is 546 g/mol. The zero-order valence-electron chi connectivity index (χ0n) is 19.4. The minimum Gasteiger partial charge on any atom is -0.394 e.